The van der Waals surface area contributed by atoms with Crippen LogP contribution in [0.5, 0.6) is 11.5 Å². The SMILES string of the molecule is Cc1cc2c3c(c1)N(c1ccc(C(C)(C)C)cc1-c1ccccc1)c1c(ccc4c1OCO4)B3c1ccc(-c3cc4ccccc4o3)cc1N2c1cccc(-c2cc3ccccc3o2)c1. The monoisotopic (exact) mass is 842 g/mol. The summed E-state index contributed by atoms with van der Waals surface area (Å²) in [5.74, 6) is 3.16. The lowest BCUT2D eigenvalue weighted by Crippen LogP contribution is -2.61. The van der Waals surface area contributed by atoms with Gasteiger partial charge in [0.25, 0.3) is 6.71 Å². The molecule has 0 atom stereocenters. The van der Waals surface area contributed by atoms with E-state index < -0.39 is 0 Å². The van der Waals surface area contributed by atoms with Crippen molar-refractivity contribution in [3.05, 3.63) is 187 Å². The van der Waals surface area contributed by atoms with Gasteiger partial charge in [0, 0.05) is 50.2 Å². The van der Waals surface area contributed by atoms with Crippen LogP contribution in [0, 0.1) is 6.92 Å². The molecule has 3 aliphatic rings. The van der Waals surface area contributed by atoms with Gasteiger partial charge in [-0.1, -0.05) is 124 Å². The molecule has 7 heteroatoms. The minimum absolute atomic E-state index is 0.0595. The van der Waals surface area contributed by atoms with Gasteiger partial charge in [-0.3, -0.25) is 0 Å². The first kappa shape index (κ1) is 37.6. The molecule has 65 heavy (non-hydrogen) atoms. The average molecular weight is 843 g/mol. The lowest BCUT2D eigenvalue weighted by Gasteiger charge is -2.45. The van der Waals surface area contributed by atoms with Crippen LogP contribution in [-0.4, -0.2) is 13.5 Å². The first-order valence-electron chi connectivity index (χ1n) is 22.3. The van der Waals surface area contributed by atoms with Crippen molar-refractivity contribution in [3.8, 4) is 45.3 Å². The molecule has 2 aromatic heterocycles. The molecule has 13 rings (SSSR count). The molecule has 0 aliphatic carbocycles. The maximum Gasteiger partial charge on any atom is 0.252 e. The van der Waals surface area contributed by atoms with Gasteiger partial charge in [-0.05, 0) is 118 Å². The summed E-state index contributed by atoms with van der Waals surface area (Å²) in [7, 11) is 0. The normalized spacial score (nSPS) is 13.6. The molecule has 0 N–H and O–H groups in total. The number of furan rings is 2. The van der Waals surface area contributed by atoms with E-state index in [0.717, 1.165) is 112 Å². The van der Waals surface area contributed by atoms with Crippen LogP contribution in [0.4, 0.5) is 34.1 Å². The Bertz CT molecular complexity index is 3500. The Morgan fingerprint density at radius 1 is 0.508 bits per heavy atom. The minimum atomic E-state index is -0.134. The third-order valence-corrected chi connectivity index (χ3v) is 13.4. The highest BCUT2D eigenvalue weighted by atomic mass is 16.7. The van der Waals surface area contributed by atoms with Crippen molar-refractivity contribution in [3.63, 3.8) is 0 Å². The van der Waals surface area contributed by atoms with Gasteiger partial charge in [-0.2, -0.15) is 0 Å². The molecular formula is C58H43BN2O4. The Morgan fingerprint density at radius 3 is 1.89 bits per heavy atom. The summed E-state index contributed by atoms with van der Waals surface area (Å²) in [6, 6.07) is 63.1. The third kappa shape index (κ3) is 5.88. The number of benzene rings is 8. The molecule has 0 saturated carbocycles. The van der Waals surface area contributed by atoms with Gasteiger partial charge in [-0.15, -0.1) is 0 Å². The Hall–Kier alpha value is -7.90. The zero-order valence-corrected chi connectivity index (χ0v) is 36.6. The fraction of sp³-hybridized carbons (Fsp3) is 0.103. The van der Waals surface area contributed by atoms with Crippen molar-refractivity contribution in [2.75, 3.05) is 16.6 Å². The Morgan fingerprint density at radius 2 is 1.17 bits per heavy atom. The highest BCUT2D eigenvalue weighted by Gasteiger charge is 2.46. The van der Waals surface area contributed by atoms with Gasteiger partial charge >= 0.3 is 0 Å². The number of nitrogens with zero attached hydrogens (tertiary/aromatic N) is 2. The Kier molecular flexibility index (Phi) is 8.14. The Labute approximate surface area is 378 Å². The van der Waals surface area contributed by atoms with E-state index in [1.165, 1.54) is 16.5 Å². The summed E-state index contributed by atoms with van der Waals surface area (Å²) in [6.45, 7) is 9.07. The second-order valence-electron chi connectivity index (χ2n) is 18.5. The lowest BCUT2D eigenvalue weighted by atomic mass is 9.33. The second-order valence-corrected chi connectivity index (χ2v) is 18.5. The predicted octanol–water partition coefficient (Wildman–Crippen LogP) is 13.6. The first-order valence-corrected chi connectivity index (χ1v) is 22.3. The largest absolute Gasteiger partial charge is 0.456 e. The van der Waals surface area contributed by atoms with E-state index in [4.69, 9.17) is 18.3 Å². The molecule has 3 aliphatic heterocycles. The van der Waals surface area contributed by atoms with E-state index in [1.54, 1.807) is 0 Å². The van der Waals surface area contributed by atoms with Gasteiger partial charge in [0.05, 0.1) is 11.4 Å². The van der Waals surface area contributed by atoms with Crippen LogP contribution < -0.4 is 35.7 Å². The van der Waals surface area contributed by atoms with E-state index in [9.17, 15) is 0 Å². The van der Waals surface area contributed by atoms with E-state index in [1.807, 2.05) is 24.3 Å². The number of ether oxygens (including phenoxy) is 2. The van der Waals surface area contributed by atoms with E-state index in [-0.39, 0.29) is 18.9 Å². The number of fused-ring (bicyclic) bond motifs is 8. The molecule has 0 amide bonds. The summed E-state index contributed by atoms with van der Waals surface area (Å²) in [6.07, 6.45) is 0. The molecule has 6 nitrogen and oxygen atoms in total. The van der Waals surface area contributed by atoms with Crippen molar-refractivity contribution in [2.24, 2.45) is 0 Å². The molecule has 0 radical (unpaired) electrons. The van der Waals surface area contributed by atoms with Gasteiger partial charge in [0.1, 0.15) is 22.7 Å². The molecule has 0 saturated heterocycles. The van der Waals surface area contributed by atoms with E-state index in [0.29, 0.717) is 0 Å². The number of hydrogen-bond donors (Lipinski definition) is 0. The summed E-state index contributed by atoms with van der Waals surface area (Å²) in [5, 5.41) is 2.15. The lowest BCUT2D eigenvalue weighted by molar-refractivity contribution is 0.174. The number of aryl methyl sites for hydroxylation is 1. The van der Waals surface area contributed by atoms with Crippen LogP contribution >= 0.6 is 0 Å². The number of anilines is 6. The first-order chi connectivity index (χ1) is 31.7. The summed E-state index contributed by atoms with van der Waals surface area (Å²) in [5.41, 5.74) is 18.3. The highest BCUT2D eigenvalue weighted by Crippen LogP contribution is 2.53. The molecule has 0 fully saturated rings. The van der Waals surface area contributed by atoms with E-state index in [2.05, 4.69) is 189 Å². The van der Waals surface area contributed by atoms with Crippen LogP contribution in [0.2, 0.25) is 0 Å². The Balaban J connectivity index is 1.10. The molecule has 8 aromatic carbocycles. The standard InChI is InChI=1S/C58H43BN2O4/c1-35-27-48-55-49(28-35)61(46-25-22-41(58(2,3)4)33-43(46)36-13-6-5-7-14-36)56-45(24-26-52-57(56)63-34-62-52)59(55)44-23-21-40(54-32-39-16-9-11-20-51(39)65-54)30-47(44)60(48)42-18-12-17-37(29-42)53-31-38-15-8-10-19-50(38)64-53/h5-33H,34H2,1-4H3. The van der Waals surface area contributed by atoms with E-state index >= 15 is 0 Å². The molecule has 312 valence electrons. The van der Waals surface area contributed by atoms with Crippen molar-refractivity contribution in [2.45, 2.75) is 33.1 Å². The van der Waals surface area contributed by atoms with Gasteiger partial charge in [0.2, 0.25) is 6.79 Å². The van der Waals surface area contributed by atoms with Gasteiger partial charge in [-0.25, -0.2) is 0 Å². The van der Waals surface area contributed by atoms with Crippen LogP contribution in [0.25, 0.3) is 55.7 Å². The molecule has 0 unspecified atom stereocenters. The second kappa shape index (κ2) is 14.1. The van der Waals surface area contributed by atoms with Crippen LogP contribution in [0.1, 0.15) is 31.9 Å². The van der Waals surface area contributed by atoms with Crippen molar-refractivity contribution < 1.29 is 18.3 Å². The molecular weight excluding hydrogens is 799 g/mol. The van der Waals surface area contributed by atoms with Crippen molar-refractivity contribution in [1.82, 2.24) is 0 Å². The molecule has 0 spiro atoms. The van der Waals surface area contributed by atoms with Gasteiger partial charge in [0.15, 0.2) is 11.5 Å². The highest BCUT2D eigenvalue weighted by molar-refractivity contribution is 7.00. The fourth-order valence-electron chi connectivity index (χ4n) is 10.3. The number of para-hydroxylation sites is 2. The zero-order valence-electron chi connectivity index (χ0n) is 36.6. The maximum atomic E-state index is 6.54. The quantitative estimate of drug-likeness (QED) is 0.161. The third-order valence-electron chi connectivity index (χ3n) is 13.4. The molecule has 10 aromatic rings. The average Bonchev–Trinajstić information content (AvgIpc) is 4.10. The smallest absolute Gasteiger partial charge is 0.252 e. The number of rotatable bonds is 5. The maximum absolute atomic E-state index is 6.54. The summed E-state index contributed by atoms with van der Waals surface area (Å²) < 4.78 is 25.7. The minimum Gasteiger partial charge on any atom is -0.456 e. The zero-order chi connectivity index (χ0) is 43.6. The topological polar surface area (TPSA) is 51.2 Å². The predicted molar refractivity (Wildman–Crippen MR) is 266 cm³/mol. The number of hydrogen-bond acceptors (Lipinski definition) is 6. The van der Waals surface area contributed by atoms with Crippen molar-refractivity contribution >= 4 is 79.2 Å². The van der Waals surface area contributed by atoms with Crippen LogP contribution in [0.15, 0.2) is 185 Å². The van der Waals surface area contributed by atoms with Crippen molar-refractivity contribution in [1.29, 1.82) is 0 Å². The van der Waals surface area contributed by atoms with Crippen LogP contribution in [-0.2, 0) is 5.41 Å². The summed E-state index contributed by atoms with van der Waals surface area (Å²) in [4.78, 5) is 4.91. The molecule has 0 bridgehead atoms. The fourth-order valence-corrected chi connectivity index (χ4v) is 10.3. The van der Waals surface area contributed by atoms with Gasteiger partial charge < -0.3 is 28.1 Å². The summed E-state index contributed by atoms with van der Waals surface area (Å²) >= 11 is 0. The molecule has 5 heterocycles. The van der Waals surface area contributed by atoms with Crippen LogP contribution in [0.3, 0.4) is 0 Å².